The van der Waals surface area contributed by atoms with E-state index in [2.05, 4.69) is 10.0 Å². The van der Waals surface area contributed by atoms with Gasteiger partial charge in [0.15, 0.2) is 0 Å². The predicted molar refractivity (Wildman–Crippen MR) is 124 cm³/mol. The van der Waals surface area contributed by atoms with Gasteiger partial charge in [0.25, 0.3) is 0 Å². The molecule has 0 fully saturated rings. The second-order valence-corrected chi connectivity index (χ2v) is 9.00. The number of rotatable bonds is 9. The van der Waals surface area contributed by atoms with Crippen LogP contribution in [0.5, 0.6) is 11.5 Å². The van der Waals surface area contributed by atoms with Gasteiger partial charge in [-0.2, -0.15) is 4.72 Å². The number of amides is 1. The van der Waals surface area contributed by atoms with Crippen molar-refractivity contribution in [1.29, 1.82) is 0 Å². The first kappa shape index (κ1) is 23.6. The second-order valence-electron chi connectivity index (χ2n) is 6.88. The Hall–Kier alpha value is -3.07. The average molecular weight is 475 g/mol. The molecule has 3 aromatic carbocycles. The maximum Gasteiger partial charge on any atom is 0.242 e. The predicted octanol–water partition coefficient (Wildman–Crippen LogP) is 3.89. The van der Waals surface area contributed by atoms with E-state index in [1.807, 2.05) is 30.3 Å². The largest absolute Gasteiger partial charge is 0.497 e. The first-order valence-electron chi connectivity index (χ1n) is 9.67. The lowest BCUT2D eigenvalue weighted by Gasteiger charge is -2.19. The van der Waals surface area contributed by atoms with Crippen LogP contribution in [0, 0.1) is 0 Å². The molecule has 0 aliphatic rings. The van der Waals surface area contributed by atoms with Crippen molar-refractivity contribution in [3.8, 4) is 11.5 Å². The van der Waals surface area contributed by atoms with Gasteiger partial charge >= 0.3 is 0 Å². The summed E-state index contributed by atoms with van der Waals surface area (Å²) in [7, 11) is -1.09. The SMILES string of the molecule is COc1cccc(NC(=O)C(Cc2ccccc2)NS(=O)(=O)c2ccc(OC)c(Cl)c2)c1. The first-order valence-corrected chi connectivity index (χ1v) is 11.5. The molecule has 3 aromatic rings. The van der Waals surface area contributed by atoms with Gasteiger partial charge in [-0.3, -0.25) is 4.79 Å². The summed E-state index contributed by atoms with van der Waals surface area (Å²) >= 11 is 6.09. The topological polar surface area (TPSA) is 93.7 Å². The number of hydrogen-bond acceptors (Lipinski definition) is 5. The molecule has 0 spiro atoms. The monoisotopic (exact) mass is 474 g/mol. The number of ether oxygens (including phenoxy) is 2. The molecule has 0 heterocycles. The standard InChI is InChI=1S/C23H23ClN2O5S/c1-30-18-10-6-9-17(14-18)25-23(27)21(13-16-7-4-3-5-8-16)26-32(28,29)19-11-12-22(31-2)20(24)15-19/h3-12,14-15,21,26H,13H2,1-2H3,(H,25,27). The van der Waals surface area contributed by atoms with Crippen LogP contribution in [-0.2, 0) is 21.2 Å². The van der Waals surface area contributed by atoms with Crippen molar-refractivity contribution in [2.24, 2.45) is 0 Å². The Bertz CT molecular complexity index is 1190. The van der Waals surface area contributed by atoms with E-state index in [-0.39, 0.29) is 16.3 Å². The minimum atomic E-state index is -4.05. The Balaban J connectivity index is 1.88. The highest BCUT2D eigenvalue weighted by molar-refractivity contribution is 7.89. The number of nitrogens with one attached hydrogen (secondary N) is 2. The average Bonchev–Trinajstić information content (AvgIpc) is 2.79. The maximum absolute atomic E-state index is 13.1. The first-order chi connectivity index (χ1) is 15.3. The molecular formula is C23H23ClN2O5S. The van der Waals surface area contributed by atoms with Crippen molar-refractivity contribution < 1.29 is 22.7 Å². The zero-order chi connectivity index (χ0) is 23.1. The Morgan fingerprint density at radius 3 is 2.38 bits per heavy atom. The van der Waals surface area contributed by atoms with Crippen LogP contribution in [-0.4, -0.2) is 34.6 Å². The quantitative estimate of drug-likeness (QED) is 0.490. The Morgan fingerprint density at radius 2 is 1.72 bits per heavy atom. The van der Waals surface area contributed by atoms with Gasteiger partial charge in [0.05, 0.1) is 24.1 Å². The van der Waals surface area contributed by atoms with Crippen LogP contribution in [0.3, 0.4) is 0 Å². The summed E-state index contributed by atoms with van der Waals surface area (Å²) in [6, 6.07) is 19.0. The number of carbonyl (C=O) groups excluding carboxylic acids is 1. The van der Waals surface area contributed by atoms with E-state index < -0.39 is 22.0 Å². The smallest absolute Gasteiger partial charge is 0.242 e. The normalized spacial score (nSPS) is 12.1. The highest BCUT2D eigenvalue weighted by Gasteiger charge is 2.27. The third-order valence-corrected chi connectivity index (χ3v) is 6.43. The fourth-order valence-corrected chi connectivity index (χ4v) is 4.58. The van der Waals surface area contributed by atoms with Gasteiger partial charge in [0, 0.05) is 11.8 Å². The summed E-state index contributed by atoms with van der Waals surface area (Å²) in [5, 5.41) is 2.90. The number of halogens is 1. The third kappa shape index (κ3) is 6.00. The molecule has 9 heteroatoms. The molecule has 1 unspecified atom stereocenters. The van der Waals surface area contributed by atoms with Crippen molar-refractivity contribution in [3.63, 3.8) is 0 Å². The van der Waals surface area contributed by atoms with E-state index >= 15 is 0 Å². The van der Waals surface area contributed by atoms with Gasteiger partial charge < -0.3 is 14.8 Å². The summed E-state index contributed by atoms with van der Waals surface area (Å²) in [6.45, 7) is 0. The van der Waals surface area contributed by atoms with Crippen molar-refractivity contribution in [3.05, 3.63) is 83.4 Å². The highest BCUT2D eigenvalue weighted by atomic mass is 35.5. The van der Waals surface area contributed by atoms with Gasteiger partial charge in [-0.1, -0.05) is 48.0 Å². The minimum absolute atomic E-state index is 0.0736. The van der Waals surface area contributed by atoms with E-state index in [9.17, 15) is 13.2 Å². The summed E-state index contributed by atoms with van der Waals surface area (Å²) in [6.07, 6.45) is 0.153. The molecule has 3 rings (SSSR count). The molecule has 0 aromatic heterocycles. The number of carbonyl (C=O) groups is 1. The maximum atomic E-state index is 13.1. The number of sulfonamides is 1. The molecule has 0 saturated heterocycles. The van der Waals surface area contributed by atoms with Gasteiger partial charge in [-0.25, -0.2) is 8.42 Å². The van der Waals surface area contributed by atoms with E-state index in [4.69, 9.17) is 21.1 Å². The summed E-state index contributed by atoms with van der Waals surface area (Å²) in [5.74, 6) is 0.406. The van der Waals surface area contributed by atoms with Gasteiger partial charge in [-0.15, -0.1) is 0 Å². The summed E-state index contributed by atoms with van der Waals surface area (Å²) < 4.78 is 38.8. The summed E-state index contributed by atoms with van der Waals surface area (Å²) in [4.78, 5) is 13.0. The molecular weight excluding hydrogens is 452 g/mol. The van der Waals surface area contributed by atoms with E-state index in [0.717, 1.165) is 5.56 Å². The minimum Gasteiger partial charge on any atom is -0.497 e. The fraction of sp³-hybridized carbons (Fsp3) is 0.174. The lowest BCUT2D eigenvalue weighted by molar-refractivity contribution is -0.117. The van der Waals surface area contributed by atoms with Gasteiger partial charge in [-0.05, 0) is 42.3 Å². The molecule has 0 bridgehead atoms. The zero-order valence-corrected chi connectivity index (χ0v) is 19.1. The number of hydrogen-bond donors (Lipinski definition) is 2. The van der Waals surface area contributed by atoms with Crippen molar-refractivity contribution in [1.82, 2.24) is 4.72 Å². The molecule has 0 saturated carbocycles. The van der Waals surface area contributed by atoms with Crippen LogP contribution in [0.4, 0.5) is 5.69 Å². The van der Waals surface area contributed by atoms with Gasteiger partial charge in [0.1, 0.15) is 17.5 Å². The highest BCUT2D eigenvalue weighted by Crippen LogP contribution is 2.27. The number of anilines is 1. The number of methoxy groups -OCH3 is 2. The fourth-order valence-electron chi connectivity index (χ4n) is 3.04. The third-order valence-electron chi connectivity index (χ3n) is 4.67. The van der Waals surface area contributed by atoms with Crippen LogP contribution in [0.25, 0.3) is 0 Å². The van der Waals surface area contributed by atoms with Crippen molar-refractivity contribution in [2.45, 2.75) is 17.4 Å². The van der Waals surface area contributed by atoms with Gasteiger partial charge in [0.2, 0.25) is 15.9 Å². The molecule has 168 valence electrons. The Labute approximate surface area is 192 Å². The molecule has 1 atom stereocenters. The van der Waals surface area contributed by atoms with Crippen LogP contribution >= 0.6 is 11.6 Å². The molecule has 32 heavy (non-hydrogen) atoms. The number of benzene rings is 3. The van der Waals surface area contributed by atoms with Crippen LogP contribution < -0.4 is 19.5 Å². The van der Waals surface area contributed by atoms with Crippen molar-refractivity contribution >= 4 is 33.2 Å². The molecule has 0 radical (unpaired) electrons. The lowest BCUT2D eigenvalue weighted by atomic mass is 10.1. The Kier molecular flexibility index (Phi) is 7.74. The molecule has 0 aliphatic carbocycles. The Morgan fingerprint density at radius 1 is 0.969 bits per heavy atom. The lowest BCUT2D eigenvalue weighted by Crippen LogP contribution is -2.45. The van der Waals surface area contributed by atoms with Crippen LogP contribution in [0.1, 0.15) is 5.56 Å². The molecule has 1 amide bonds. The van der Waals surface area contributed by atoms with Crippen LogP contribution in [0.2, 0.25) is 5.02 Å². The molecule has 0 aliphatic heterocycles. The van der Waals surface area contributed by atoms with E-state index in [0.29, 0.717) is 17.2 Å². The van der Waals surface area contributed by atoms with E-state index in [1.165, 1.54) is 32.4 Å². The van der Waals surface area contributed by atoms with E-state index in [1.54, 1.807) is 24.3 Å². The second kappa shape index (κ2) is 10.5. The zero-order valence-electron chi connectivity index (χ0n) is 17.5. The molecule has 2 N–H and O–H groups in total. The molecule has 7 nitrogen and oxygen atoms in total. The van der Waals surface area contributed by atoms with Crippen LogP contribution in [0.15, 0.2) is 77.7 Å². The van der Waals surface area contributed by atoms with Crippen molar-refractivity contribution in [2.75, 3.05) is 19.5 Å². The summed E-state index contributed by atoms with van der Waals surface area (Å²) in [5.41, 5.74) is 1.29.